The van der Waals surface area contributed by atoms with E-state index in [1.165, 1.54) is 6.07 Å². The van der Waals surface area contributed by atoms with E-state index < -0.39 is 5.97 Å². The summed E-state index contributed by atoms with van der Waals surface area (Å²) in [6.07, 6.45) is 0.930. The van der Waals surface area contributed by atoms with Crippen molar-refractivity contribution in [3.8, 4) is 0 Å². The lowest BCUT2D eigenvalue weighted by Gasteiger charge is -2.02. The summed E-state index contributed by atoms with van der Waals surface area (Å²) in [4.78, 5) is 22.2. The Kier molecular flexibility index (Phi) is 3.67. The van der Waals surface area contributed by atoms with E-state index in [4.69, 9.17) is 21.1 Å². The van der Waals surface area contributed by atoms with E-state index in [1.54, 1.807) is 18.2 Å². The first-order valence-corrected chi connectivity index (χ1v) is 5.88. The largest absolute Gasteiger partial charge is 0.481 e. The van der Waals surface area contributed by atoms with E-state index in [-0.39, 0.29) is 11.8 Å². The first kappa shape index (κ1) is 12.6. The molecule has 0 aliphatic carbocycles. The predicted molar refractivity (Wildman–Crippen MR) is 68.1 cm³/mol. The second-order valence-electron chi connectivity index (χ2n) is 3.96. The fourth-order valence-electron chi connectivity index (χ4n) is 1.72. The molecule has 1 N–H and O–H groups in total. The molecule has 0 saturated carbocycles. The Balaban J connectivity index is 2.29. The number of hydrogen-bond donors (Lipinski definition) is 1. The third kappa shape index (κ3) is 2.90. The first-order valence-electron chi connectivity index (χ1n) is 5.50. The Morgan fingerprint density at radius 2 is 2.11 bits per heavy atom. The number of halogens is 1. The summed E-state index contributed by atoms with van der Waals surface area (Å²) in [5, 5.41) is 9.46. The molecule has 1 aromatic carbocycles. The summed E-state index contributed by atoms with van der Waals surface area (Å²) < 4.78 is 5.53. The van der Waals surface area contributed by atoms with Crippen LogP contribution in [0.2, 0.25) is 5.02 Å². The maximum atomic E-state index is 11.8. The highest BCUT2D eigenvalue weighted by atomic mass is 35.5. The lowest BCUT2D eigenvalue weighted by molar-refractivity contribution is -0.137. The summed E-state index contributed by atoms with van der Waals surface area (Å²) in [7, 11) is 0. The second kappa shape index (κ2) is 5.23. The molecule has 0 saturated heterocycles. The van der Waals surface area contributed by atoms with Gasteiger partial charge in [0.2, 0.25) is 0 Å². The van der Waals surface area contributed by atoms with Crippen molar-refractivity contribution in [2.75, 3.05) is 0 Å². The average molecular weight is 267 g/mol. The van der Waals surface area contributed by atoms with Crippen LogP contribution in [0.3, 0.4) is 0 Å². The summed E-state index contributed by atoms with van der Waals surface area (Å²) >= 11 is 5.80. The van der Waals surface area contributed by atoms with Crippen LogP contribution in [-0.4, -0.2) is 11.1 Å². The van der Waals surface area contributed by atoms with Gasteiger partial charge in [0.25, 0.3) is 0 Å². The van der Waals surface area contributed by atoms with Crippen molar-refractivity contribution >= 4 is 28.5 Å². The lowest BCUT2D eigenvalue weighted by Crippen LogP contribution is -2.03. The predicted octanol–water partition coefficient (Wildman–Crippen LogP) is 2.85. The minimum absolute atomic E-state index is 0.0579. The highest BCUT2D eigenvalue weighted by Gasteiger charge is 2.06. The van der Waals surface area contributed by atoms with Gasteiger partial charge in [0.05, 0.1) is 5.39 Å². The van der Waals surface area contributed by atoms with Gasteiger partial charge in [0.15, 0.2) is 5.43 Å². The van der Waals surface area contributed by atoms with Crippen molar-refractivity contribution in [1.82, 2.24) is 0 Å². The van der Waals surface area contributed by atoms with Crippen molar-refractivity contribution in [3.63, 3.8) is 0 Å². The maximum absolute atomic E-state index is 11.8. The Hall–Kier alpha value is -1.81. The minimum Gasteiger partial charge on any atom is -0.481 e. The lowest BCUT2D eigenvalue weighted by atomic mass is 10.1. The van der Waals surface area contributed by atoms with Crippen molar-refractivity contribution in [2.24, 2.45) is 0 Å². The first-order chi connectivity index (χ1) is 8.56. The van der Waals surface area contributed by atoms with E-state index in [9.17, 15) is 9.59 Å². The third-order valence-electron chi connectivity index (χ3n) is 2.55. The van der Waals surface area contributed by atoms with Gasteiger partial charge in [-0.2, -0.15) is 0 Å². The highest BCUT2D eigenvalue weighted by molar-refractivity contribution is 6.31. The molecular weight excluding hydrogens is 256 g/mol. The van der Waals surface area contributed by atoms with Gasteiger partial charge in [0.1, 0.15) is 11.3 Å². The van der Waals surface area contributed by atoms with Crippen LogP contribution in [-0.2, 0) is 11.2 Å². The Morgan fingerprint density at radius 1 is 1.33 bits per heavy atom. The summed E-state index contributed by atoms with van der Waals surface area (Å²) in [6, 6.07) is 6.23. The molecule has 0 radical (unpaired) electrons. The summed E-state index contributed by atoms with van der Waals surface area (Å²) in [5.74, 6) is -0.360. The minimum atomic E-state index is -0.857. The molecular formula is C13H11ClO4. The molecule has 1 heterocycles. The molecule has 4 nitrogen and oxygen atoms in total. The Bertz CT molecular complexity index is 645. The zero-order valence-corrected chi connectivity index (χ0v) is 10.2. The monoisotopic (exact) mass is 266 g/mol. The number of aliphatic carboxylic acids is 1. The van der Waals surface area contributed by atoms with Gasteiger partial charge < -0.3 is 9.52 Å². The van der Waals surface area contributed by atoms with Crippen molar-refractivity contribution < 1.29 is 14.3 Å². The smallest absolute Gasteiger partial charge is 0.303 e. The van der Waals surface area contributed by atoms with Gasteiger partial charge >= 0.3 is 5.97 Å². The van der Waals surface area contributed by atoms with E-state index in [1.807, 2.05) is 0 Å². The molecule has 0 aliphatic heterocycles. The standard InChI is InChI=1S/C13H11ClO4/c14-8-4-5-12-10(6-8)11(15)7-9(18-12)2-1-3-13(16)17/h4-7H,1-3H2,(H,16,17). The molecule has 2 rings (SSSR count). The van der Waals surface area contributed by atoms with Crippen molar-refractivity contribution in [2.45, 2.75) is 19.3 Å². The third-order valence-corrected chi connectivity index (χ3v) is 2.79. The molecule has 0 amide bonds. The molecule has 0 unspecified atom stereocenters. The molecule has 0 bridgehead atoms. The molecule has 94 valence electrons. The van der Waals surface area contributed by atoms with Gasteiger partial charge in [0, 0.05) is 23.9 Å². The van der Waals surface area contributed by atoms with Gasteiger partial charge in [-0.25, -0.2) is 0 Å². The maximum Gasteiger partial charge on any atom is 0.303 e. The quantitative estimate of drug-likeness (QED) is 0.924. The van der Waals surface area contributed by atoms with Gasteiger partial charge in [-0.3, -0.25) is 9.59 Å². The number of hydrogen-bond acceptors (Lipinski definition) is 3. The number of fused-ring (bicyclic) bond motifs is 1. The fourth-order valence-corrected chi connectivity index (χ4v) is 1.89. The van der Waals surface area contributed by atoms with Crippen LogP contribution in [0.5, 0.6) is 0 Å². The zero-order valence-electron chi connectivity index (χ0n) is 9.48. The van der Waals surface area contributed by atoms with Crippen LogP contribution in [0.1, 0.15) is 18.6 Å². The second-order valence-corrected chi connectivity index (χ2v) is 4.40. The molecule has 5 heteroatoms. The van der Waals surface area contributed by atoms with E-state index >= 15 is 0 Å². The topological polar surface area (TPSA) is 67.5 Å². The normalized spacial score (nSPS) is 10.7. The Labute approximate surface area is 108 Å². The number of carbonyl (C=O) groups is 1. The number of carboxylic acids is 1. The summed E-state index contributed by atoms with van der Waals surface area (Å²) in [5.41, 5.74) is 0.307. The molecule has 1 aromatic heterocycles. The highest BCUT2D eigenvalue weighted by Crippen LogP contribution is 2.18. The number of carboxylic acid groups (broad SMARTS) is 1. The number of aryl methyl sites for hydroxylation is 1. The van der Waals surface area contributed by atoms with Crippen LogP contribution in [0.4, 0.5) is 0 Å². The molecule has 0 spiro atoms. The van der Waals surface area contributed by atoms with E-state index in [0.717, 1.165) is 0 Å². The van der Waals surface area contributed by atoms with Crippen LogP contribution in [0, 0.1) is 0 Å². The van der Waals surface area contributed by atoms with E-state index in [0.29, 0.717) is 34.6 Å². The van der Waals surface area contributed by atoms with Crippen LogP contribution in [0.25, 0.3) is 11.0 Å². The Morgan fingerprint density at radius 3 is 2.83 bits per heavy atom. The summed E-state index contributed by atoms with van der Waals surface area (Å²) in [6.45, 7) is 0. The number of benzene rings is 1. The molecule has 0 aliphatic rings. The van der Waals surface area contributed by atoms with Gasteiger partial charge in [-0.15, -0.1) is 0 Å². The fraction of sp³-hybridized carbons (Fsp3) is 0.231. The van der Waals surface area contributed by atoms with Crippen molar-refractivity contribution in [3.05, 3.63) is 45.3 Å². The number of rotatable bonds is 4. The molecule has 0 atom stereocenters. The van der Waals surface area contributed by atoms with E-state index in [2.05, 4.69) is 0 Å². The SMILES string of the molecule is O=C(O)CCCc1cc(=O)c2cc(Cl)ccc2o1. The van der Waals surface area contributed by atoms with Gasteiger partial charge in [-0.05, 0) is 24.6 Å². The van der Waals surface area contributed by atoms with Crippen molar-refractivity contribution in [1.29, 1.82) is 0 Å². The van der Waals surface area contributed by atoms with Gasteiger partial charge in [-0.1, -0.05) is 11.6 Å². The molecule has 2 aromatic rings. The molecule has 18 heavy (non-hydrogen) atoms. The molecule has 0 fully saturated rings. The van der Waals surface area contributed by atoms with Crippen LogP contribution < -0.4 is 5.43 Å². The average Bonchev–Trinajstić information content (AvgIpc) is 2.30. The van der Waals surface area contributed by atoms with Crippen LogP contribution in [0.15, 0.2) is 33.5 Å². The van der Waals surface area contributed by atoms with Crippen LogP contribution >= 0.6 is 11.6 Å². The zero-order chi connectivity index (χ0) is 13.1.